The zero-order valence-electron chi connectivity index (χ0n) is 7.74. The molecule has 0 saturated heterocycles. The van der Waals surface area contributed by atoms with E-state index in [9.17, 15) is 5.11 Å². The van der Waals surface area contributed by atoms with Gasteiger partial charge in [-0.2, -0.15) is 0 Å². The number of rotatable bonds is 2. The van der Waals surface area contributed by atoms with E-state index in [1.807, 2.05) is 24.3 Å². The van der Waals surface area contributed by atoms with Crippen molar-refractivity contribution < 1.29 is 5.11 Å². The first kappa shape index (κ1) is 10.7. The molecule has 0 amide bonds. The summed E-state index contributed by atoms with van der Waals surface area (Å²) in [7, 11) is 0. The first-order valence-electron chi connectivity index (χ1n) is 4.45. The van der Waals surface area contributed by atoms with Gasteiger partial charge < -0.3 is 10.1 Å². The SMILES string of the molecule is OC(c1ccc(Br)c(Cl)c1)c1ccc[nH]1. The number of hydrogen-bond acceptors (Lipinski definition) is 1. The van der Waals surface area contributed by atoms with Crippen LogP contribution in [0.1, 0.15) is 17.4 Å². The standard InChI is InChI=1S/C11H9BrClNO/c12-8-4-3-7(6-9(8)13)11(15)10-2-1-5-14-10/h1-6,11,14-15H. The first-order chi connectivity index (χ1) is 7.18. The summed E-state index contributed by atoms with van der Waals surface area (Å²) < 4.78 is 0.826. The molecule has 2 nitrogen and oxygen atoms in total. The lowest BCUT2D eigenvalue weighted by Crippen LogP contribution is -1.99. The number of halogens is 2. The van der Waals surface area contributed by atoms with E-state index < -0.39 is 6.10 Å². The molecule has 1 atom stereocenters. The maximum absolute atomic E-state index is 9.99. The van der Waals surface area contributed by atoms with Crippen LogP contribution in [0, 0.1) is 0 Å². The Kier molecular flexibility index (Phi) is 3.14. The average molecular weight is 287 g/mol. The van der Waals surface area contributed by atoms with Gasteiger partial charge in [0.2, 0.25) is 0 Å². The monoisotopic (exact) mass is 285 g/mol. The van der Waals surface area contributed by atoms with Crippen LogP contribution in [0.15, 0.2) is 41.0 Å². The highest BCUT2D eigenvalue weighted by molar-refractivity contribution is 9.10. The van der Waals surface area contributed by atoms with Crippen LogP contribution < -0.4 is 0 Å². The second-order valence-electron chi connectivity index (χ2n) is 3.20. The number of aliphatic hydroxyl groups excluding tert-OH is 1. The molecule has 1 aromatic carbocycles. The number of benzene rings is 1. The highest BCUT2D eigenvalue weighted by Gasteiger charge is 2.11. The molecule has 0 bridgehead atoms. The van der Waals surface area contributed by atoms with Crippen LogP contribution in [0.3, 0.4) is 0 Å². The van der Waals surface area contributed by atoms with Crippen LogP contribution in [-0.4, -0.2) is 10.1 Å². The van der Waals surface area contributed by atoms with Gasteiger partial charge in [-0.1, -0.05) is 17.7 Å². The lowest BCUT2D eigenvalue weighted by Gasteiger charge is -2.10. The summed E-state index contributed by atoms with van der Waals surface area (Å²) in [4.78, 5) is 2.96. The third-order valence-electron chi connectivity index (χ3n) is 2.18. The molecule has 0 spiro atoms. The van der Waals surface area contributed by atoms with Crippen molar-refractivity contribution in [3.05, 3.63) is 57.3 Å². The molecule has 2 aromatic rings. The van der Waals surface area contributed by atoms with Crippen molar-refractivity contribution in [3.63, 3.8) is 0 Å². The molecule has 1 aromatic heterocycles. The molecule has 2 rings (SSSR count). The zero-order chi connectivity index (χ0) is 10.8. The normalized spacial score (nSPS) is 12.7. The van der Waals surface area contributed by atoms with E-state index in [0.717, 1.165) is 15.7 Å². The minimum Gasteiger partial charge on any atom is -0.382 e. The predicted molar refractivity (Wildman–Crippen MR) is 64.0 cm³/mol. The molecular weight excluding hydrogens is 277 g/mol. The number of aliphatic hydroxyl groups is 1. The van der Waals surface area contributed by atoms with E-state index in [0.29, 0.717) is 5.02 Å². The molecule has 78 valence electrons. The summed E-state index contributed by atoms with van der Waals surface area (Å²) in [6.07, 6.45) is 1.12. The molecule has 0 aliphatic heterocycles. The van der Waals surface area contributed by atoms with Crippen LogP contribution in [0.2, 0.25) is 5.02 Å². The number of H-pyrrole nitrogens is 1. The van der Waals surface area contributed by atoms with E-state index in [1.165, 1.54) is 0 Å². The summed E-state index contributed by atoms with van der Waals surface area (Å²) in [6.45, 7) is 0. The number of hydrogen-bond donors (Lipinski definition) is 2. The Morgan fingerprint density at radius 1 is 1.33 bits per heavy atom. The number of aromatic nitrogens is 1. The Balaban J connectivity index is 2.34. The van der Waals surface area contributed by atoms with E-state index >= 15 is 0 Å². The maximum atomic E-state index is 9.99. The van der Waals surface area contributed by atoms with Gasteiger partial charge in [0.25, 0.3) is 0 Å². The Bertz CT molecular complexity index is 456. The summed E-state index contributed by atoms with van der Waals surface area (Å²) in [5.74, 6) is 0. The minimum atomic E-state index is -0.661. The van der Waals surface area contributed by atoms with E-state index in [2.05, 4.69) is 20.9 Å². The van der Waals surface area contributed by atoms with Gasteiger partial charge in [0.1, 0.15) is 6.10 Å². The zero-order valence-corrected chi connectivity index (χ0v) is 10.1. The summed E-state index contributed by atoms with van der Waals surface area (Å²) >= 11 is 9.26. The molecule has 0 aliphatic carbocycles. The smallest absolute Gasteiger partial charge is 0.119 e. The third kappa shape index (κ3) is 2.25. The summed E-state index contributed by atoms with van der Waals surface area (Å²) in [5.41, 5.74) is 1.53. The second-order valence-corrected chi connectivity index (χ2v) is 4.46. The van der Waals surface area contributed by atoms with Gasteiger partial charge in [0, 0.05) is 16.4 Å². The van der Waals surface area contributed by atoms with Crippen LogP contribution >= 0.6 is 27.5 Å². The van der Waals surface area contributed by atoms with Crippen LogP contribution in [0.4, 0.5) is 0 Å². The molecule has 15 heavy (non-hydrogen) atoms. The van der Waals surface area contributed by atoms with Crippen molar-refractivity contribution in [2.45, 2.75) is 6.10 Å². The molecule has 1 unspecified atom stereocenters. The van der Waals surface area contributed by atoms with Gasteiger partial charge in [-0.15, -0.1) is 0 Å². The van der Waals surface area contributed by atoms with Gasteiger partial charge in [-0.3, -0.25) is 0 Å². The Morgan fingerprint density at radius 2 is 2.13 bits per heavy atom. The lowest BCUT2D eigenvalue weighted by atomic mass is 10.1. The Hall–Kier alpha value is -0.770. The van der Waals surface area contributed by atoms with E-state index in [4.69, 9.17) is 11.6 Å². The van der Waals surface area contributed by atoms with Gasteiger partial charge >= 0.3 is 0 Å². The van der Waals surface area contributed by atoms with Gasteiger partial charge in [-0.25, -0.2) is 0 Å². The third-order valence-corrected chi connectivity index (χ3v) is 3.41. The maximum Gasteiger partial charge on any atom is 0.119 e. The summed E-state index contributed by atoms with van der Waals surface area (Å²) in [5, 5.41) is 10.6. The van der Waals surface area contributed by atoms with Crippen LogP contribution in [0.5, 0.6) is 0 Å². The Labute approximate surface area is 101 Å². The topological polar surface area (TPSA) is 36.0 Å². The van der Waals surface area contributed by atoms with Crippen molar-refractivity contribution in [2.75, 3.05) is 0 Å². The van der Waals surface area contributed by atoms with Crippen molar-refractivity contribution in [1.29, 1.82) is 0 Å². The fourth-order valence-corrected chi connectivity index (χ4v) is 1.81. The van der Waals surface area contributed by atoms with Crippen LogP contribution in [-0.2, 0) is 0 Å². The van der Waals surface area contributed by atoms with Crippen molar-refractivity contribution in [3.8, 4) is 0 Å². The Morgan fingerprint density at radius 3 is 2.73 bits per heavy atom. The van der Waals surface area contributed by atoms with Crippen molar-refractivity contribution in [1.82, 2.24) is 4.98 Å². The molecule has 0 aliphatic rings. The number of aromatic amines is 1. The van der Waals surface area contributed by atoms with Gasteiger partial charge in [-0.05, 0) is 45.8 Å². The van der Waals surface area contributed by atoms with Gasteiger partial charge in [0.05, 0.1) is 5.02 Å². The molecule has 0 fully saturated rings. The fourth-order valence-electron chi connectivity index (χ4n) is 1.38. The second kappa shape index (κ2) is 4.39. The van der Waals surface area contributed by atoms with E-state index in [1.54, 1.807) is 12.3 Å². The highest BCUT2D eigenvalue weighted by Crippen LogP contribution is 2.28. The molecule has 0 saturated carbocycles. The fraction of sp³-hybridized carbons (Fsp3) is 0.0909. The lowest BCUT2D eigenvalue weighted by molar-refractivity contribution is 0.216. The minimum absolute atomic E-state index is 0.595. The molecular formula is C11H9BrClNO. The first-order valence-corrected chi connectivity index (χ1v) is 5.62. The summed E-state index contributed by atoms with van der Waals surface area (Å²) in [6, 6.07) is 9.09. The van der Waals surface area contributed by atoms with Crippen molar-refractivity contribution >= 4 is 27.5 Å². The largest absolute Gasteiger partial charge is 0.382 e. The molecule has 1 heterocycles. The highest BCUT2D eigenvalue weighted by atomic mass is 79.9. The molecule has 4 heteroatoms. The molecule has 2 N–H and O–H groups in total. The predicted octanol–water partition coefficient (Wildman–Crippen LogP) is 3.51. The van der Waals surface area contributed by atoms with Gasteiger partial charge in [0.15, 0.2) is 0 Å². The number of nitrogens with one attached hydrogen (secondary N) is 1. The molecule has 0 radical (unpaired) electrons. The average Bonchev–Trinajstić information content (AvgIpc) is 2.74. The quantitative estimate of drug-likeness (QED) is 0.871. The van der Waals surface area contributed by atoms with Crippen molar-refractivity contribution in [2.24, 2.45) is 0 Å². The van der Waals surface area contributed by atoms with Crippen LogP contribution in [0.25, 0.3) is 0 Å². The van der Waals surface area contributed by atoms with E-state index in [-0.39, 0.29) is 0 Å².